The minimum atomic E-state index is -0.694. The van der Waals surface area contributed by atoms with Gasteiger partial charge in [-0.25, -0.2) is 9.37 Å². The molecule has 3 amide bonds. The number of pyridine rings is 1. The second-order valence-corrected chi connectivity index (χ2v) is 9.66. The zero-order valence-electron chi connectivity index (χ0n) is 20.6. The van der Waals surface area contributed by atoms with E-state index in [0.29, 0.717) is 80.8 Å². The first-order chi connectivity index (χ1) is 17.8. The maximum Gasteiger partial charge on any atom is 0.288 e. The van der Waals surface area contributed by atoms with Crippen LogP contribution in [0.5, 0.6) is 5.75 Å². The molecule has 2 N–H and O–H groups in total. The SMILES string of the molecule is CCC1Oc2cc(F)c(CN3CCC(c4ccc(C(=O)NN5CCCC5=O)nc4F)CC3)cc2NC1=O. The number of aromatic nitrogens is 1. The topological polar surface area (TPSA) is 104 Å². The molecule has 3 aliphatic heterocycles. The molecule has 0 saturated carbocycles. The molecule has 11 heteroatoms. The second-order valence-electron chi connectivity index (χ2n) is 9.66. The van der Waals surface area contributed by atoms with Gasteiger partial charge >= 0.3 is 0 Å². The summed E-state index contributed by atoms with van der Waals surface area (Å²) in [5, 5.41) is 4.03. The molecule has 4 heterocycles. The molecule has 2 saturated heterocycles. The van der Waals surface area contributed by atoms with Crippen LogP contribution in [0.25, 0.3) is 0 Å². The summed E-state index contributed by atoms with van der Waals surface area (Å²) < 4.78 is 35.2. The first kappa shape index (κ1) is 25.1. The van der Waals surface area contributed by atoms with Crippen LogP contribution in [-0.2, 0) is 16.1 Å². The largest absolute Gasteiger partial charge is 0.478 e. The van der Waals surface area contributed by atoms with Crippen LogP contribution in [0.2, 0.25) is 0 Å². The molecule has 2 aromatic rings. The van der Waals surface area contributed by atoms with Crippen molar-refractivity contribution >= 4 is 23.4 Å². The summed E-state index contributed by atoms with van der Waals surface area (Å²) in [6.07, 6.45) is 2.22. The van der Waals surface area contributed by atoms with E-state index in [4.69, 9.17) is 4.74 Å². The highest BCUT2D eigenvalue weighted by Crippen LogP contribution is 2.35. The first-order valence-electron chi connectivity index (χ1n) is 12.6. The molecule has 2 fully saturated rings. The zero-order valence-corrected chi connectivity index (χ0v) is 20.6. The average Bonchev–Trinajstić information content (AvgIpc) is 3.29. The zero-order chi connectivity index (χ0) is 26.1. The van der Waals surface area contributed by atoms with Crippen LogP contribution in [0.1, 0.15) is 66.6 Å². The van der Waals surface area contributed by atoms with Gasteiger partial charge in [-0.2, -0.15) is 4.39 Å². The Hall–Kier alpha value is -3.60. The number of hydrazine groups is 1. The van der Waals surface area contributed by atoms with E-state index in [1.165, 1.54) is 17.1 Å². The lowest BCUT2D eigenvalue weighted by molar-refractivity contribution is -0.129. The molecule has 1 atom stereocenters. The van der Waals surface area contributed by atoms with Gasteiger partial charge in [-0.3, -0.25) is 29.7 Å². The average molecular weight is 514 g/mol. The number of amides is 3. The number of hydrogen-bond acceptors (Lipinski definition) is 6. The van der Waals surface area contributed by atoms with Gasteiger partial charge in [-0.1, -0.05) is 13.0 Å². The molecule has 196 valence electrons. The maximum atomic E-state index is 14.8. The number of likely N-dealkylation sites (tertiary alicyclic amines) is 1. The Morgan fingerprint density at radius 3 is 2.65 bits per heavy atom. The Bertz CT molecular complexity index is 1230. The number of piperidine rings is 1. The van der Waals surface area contributed by atoms with Crippen molar-refractivity contribution in [3.63, 3.8) is 0 Å². The van der Waals surface area contributed by atoms with E-state index in [0.717, 1.165) is 0 Å². The van der Waals surface area contributed by atoms with Gasteiger partial charge in [-0.15, -0.1) is 0 Å². The molecule has 3 aliphatic rings. The van der Waals surface area contributed by atoms with Crippen molar-refractivity contribution < 1.29 is 27.9 Å². The molecular formula is C26H29F2N5O4. The fourth-order valence-corrected chi connectivity index (χ4v) is 5.07. The van der Waals surface area contributed by atoms with E-state index in [2.05, 4.69) is 20.6 Å². The Kier molecular flexibility index (Phi) is 7.05. The number of nitrogens with zero attached hydrogens (tertiary/aromatic N) is 3. The number of halogens is 2. The summed E-state index contributed by atoms with van der Waals surface area (Å²) in [6.45, 7) is 3.87. The van der Waals surface area contributed by atoms with Gasteiger partial charge in [0.25, 0.3) is 11.8 Å². The maximum absolute atomic E-state index is 14.8. The Morgan fingerprint density at radius 2 is 1.97 bits per heavy atom. The molecule has 1 unspecified atom stereocenters. The minimum absolute atomic E-state index is 0.0759. The molecule has 0 spiro atoms. The predicted octanol–water partition coefficient (Wildman–Crippen LogP) is 3.12. The first-order valence-corrected chi connectivity index (χ1v) is 12.6. The van der Waals surface area contributed by atoms with Crippen LogP contribution in [-0.4, -0.2) is 58.4 Å². The van der Waals surface area contributed by atoms with E-state index >= 15 is 0 Å². The van der Waals surface area contributed by atoms with E-state index in [1.807, 2.05) is 6.92 Å². The number of rotatable bonds is 6. The van der Waals surface area contributed by atoms with Crippen molar-refractivity contribution in [2.45, 2.75) is 57.6 Å². The van der Waals surface area contributed by atoms with Crippen LogP contribution in [0.4, 0.5) is 14.5 Å². The fourth-order valence-electron chi connectivity index (χ4n) is 5.07. The monoisotopic (exact) mass is 513 g/mol. The molecule has 1 aromatic carbocycles. The smallest absolute Gasteiger partial charge is 0.288 e. The highest BCUT2D eigenvalue weighted by Gasteiger charge is 2.29. The van der Waals surface area contributed by atoms with Crippen molar-refractivity contribution in [3.8, 4) is 5.75 Å². The lowest BCUT2D eigenvalue weighted by Crippen LogP contribution is -2.43. The van der Waals surface area contributed by atoms with Gasteiger partial charge in [0.2, 0.25) is 11.9 Å². The van der Waals surface area contributed by atoms with Crippen LogP contribution < -0.4 is 15.5 Å². The van der Waals surface area contributed by atoms with Crippen molar-refractivity contribution in [2.24, 2.45) is 0 Å². The van der Waals surface area contributed by atoms with Crippen LogP contribution in [0.15, 0.2) is 24.3 Å². The standard InChI is InChI=1S/C26H29F2N5O4/c1-2-21-26(36)30-20-12-16(18(27)13-22(20)37-21)14-32-10-7-15(8-11-32)17-5-6-19(29-24(17)28)25(35)31-33-9-3-4-23(33)34/h5-6,12-13,15,21H,2-4,7-11,14H2,1H3,(H,30,36)(H,31,35). The fraction of sp³-hybridized carbons (Fsp3) is 0.462. The summed E-state index contributed by atoms with van der Waals surface area (Å²) >= 11 is 0. The van der Waals surface area contributed by atoms with Crippen LogP contribution >= 0.6 is 0 Å². The van der Waals surface area contributed by atoms with Gasteiger partial charge in [0, 0.05) is 36.7 Å². The molecule has 0 radical (unpaired) electrons. The van der Waals surface area contributed by atoms with Crippen molar-refractivity contribution in [2.75, 3.05) is 25.0 Å². The van der Waals surface area contributed by atoms with Crippen molar-refractivity contribution in [1.29, 1.82) is 0 Å². The third kappa shape index (κ3) is 5.27. The quantitative estimate of drug-likeness (QED) is 0.576. The third-order valence-corrected chi connectivity index (χ3v) is 7.18. The van der Waals surface area contributed by atoms with E-state index in [-0.39, 0.29) is 23.4 Å². The molecule has 9 nitrogen and oxygen atoms in total. The Labute approximate surface area is 213 Å². The number of hydrogen-bond donors (Lipinski definition) is 2. The molecule has 1 aromatic heterocycles. The van der Waals surface area contributed by atoms with Crippen molar-refractivity contribution in [3.05, 3.63) is 52.9 Å². The molecular weight excluding hydrogens is 484 g/mol. The Morgan fingerprint density at radius 1 is 1.19 bits per heavy atom. The third-order valence-electron chi connectivity index (χ3n) is 7.18. The summed E-state index contributed by atoms with van der Waals surface area (Å²) in [7, 11) is 0. The number of carbonyl (C=O) groups is 3. The number of anilines is 1. The molecule has 0 aliphatic carbocycles. The second kappa shape index (κ2) is 10.4. The highest BCUT2D eigenvalue weighted by atomic mass is 19.1. The van der Waals surface area contributed by atoms with Crippen LogP contribution in [0.3, 0.4) is 0 Å². The van der Waals surface area contributed by atoms with E-state index in [1.54, 1.807) is 12.1 Å². The number of fused-ring (bicyclic) bond motifs is 1. The van der Waals surface area contributed by atoms with E-state index < -0.39 is 23.8 Å². The van der Waals surface area contributed by atoms with Gasteiger partial charge in [0.15, 0.2) is 6.10 Å². The van der Waals surface area contributed by atoms with Gasteiger partial charge in [0.05, 0.1) is 5.69 Å². The highest BCUT2D eigenvalue weighted by molar-refractivity contribution is 5.97. The lowest BCUT2D eigenvalue weighted by Gasteiger charge is -2.32. The lowest BCUT2D eigenvalue weighted by atomic mass is 9.90. The van der Waals surface area contributed by atoms with Crippen molar-refractivity contribution in [1.82, 2.24) is 20.3 Å². The van der Waals surface area contributed by atoms with Gasteiger partial charge in [-0.05, 0) is 56.8 Å². The number of ether oxygens (including phenoxy) is 1. The molecule has 37 heavy (non-hydrogen) atoms. The molecule has 5 rings (SSSR count). The van der Waals surface area contributed by atoms with Gasteiger partial charge < -0.3 is 10.1 Å². The van der Waals surface area contributed by atoms with Crippen LogP contribution in [0, 0.1) is 11.8 Å². The Balaban J connectivity index is 1.19. The number of nitrogens with one attached hydrogen (secondary N) is 2. The van der Waals surface area contributed by atoms with Gasteiger partial charge in [0.1, 0.15) is 17.3 Å². The summed E-state index contributed by atoms with van der Waals surface area (Å²) in [6, 6.07) is 5.99. The molecule has 0 bridgehead atoms. The normalized spacial score (nSPS) is 20.4. The van der Waals surface area contributed by atoms with E-state index in [9.17, 15) is 23.2 Å². The predicted molar refractivity (Wildman–Crippen MR) is 130 cm³/mol. The number of benzene rings is 1. The minimum Gasteiger partial charge on any atom is -0.478 e. The summed E-state index contributed by atoms with van der Waals surface area (Å²) in [5.41, 5.74) is 3.76. The number of carbonyl (C=O) groups excluding carboxylic acids is 3. The summed E-state index contributed by atoms with van der Waals surface area (Å²) in [5.74, 6) is -1.86. The summed E-state index contributed by atoms with van der Waals surface area (Å²) in [4.78, 5) is 42.1.